The first kappa shape index (κ1) is 14.8. The first-order valence-corrected chi connectivity index (χ1v) is 7.29. The van der Waals surface area contributed by atoms with Gasteiger partial charge >= 0.3 is 0 Å². The molecule has 1 aromatic rings. The molecule has 0 aromatic heterocycles. The van der Waals surface area contributed by atoms with E-state index < -0.39 is 0 Å². The first-order chi connectivity index (χ1) is 9.11. The molecule has 1 fully saturated rings. The second-order valence-electron chi connectivity index (χ2n) is 4.43. The Morgan fingerprint density at radius 1 is 1.63 bits per heavy atom. The Bertz CT molecular complexity index is 468. The first-order valence-electron chi connectivity index (χ1n) is 6.12. The Morgan fingerprint density at radius 3 is 3.16 bits per heavy atom. The zero-order valence-corrected chi connectivity index (χ0v) is 13.0. The van der Waals surface area contributed by atoms with Gasteiger partial charge in [-0.1, -0.05) is 27.5 Å². The van der Waals surface area contributed by atoms with Crippen LogP contribution >= 0.6 is 27.5 Å². The van der Waals surface area contributed by atoms with Gasteiger partial charge in [-0.25, -0.2) is 0 Å². The van der Waals surface area contributed by atoms with Gasteiger partial charge in [0, 0.05) is 24.1 Å². The van der Waals surface area contributed by atoms with Crippen molar-refractivity contribution in [3.63, 3.8) is 0 Å². The summed E-state index contributed by atoms with van der Waals surface area (Å²) in [5.41, 5.74) is 0.529. The lowest BCUT2D eigenvalue weighted by molar-refractivity contribution is -0.0196. The highest BCUT2D eigenvalue weighted by Crippen LogP contribution is 2.23. The maximum absolute atomic E-state index is 12.5. The summed E-state index contributed by atoms with van der Waals surface area (Å²) in [4.78, 5) is 14.3. The van der Waals surface area contributed by atoms with Gasteiger partial charge in [-0.15, -0.1) is 0 Å². The standard InChI is InChI=1S/C13H16BrClN2O2/c1-16-7-10-8-17(4-5-19-10)13(18)11-6-9(14)2-3-12(11)15/h2-3,6,10,16H,4-5,7-8H2,1H3. The molecule has 0 radical (unpaired) electrons. The second-order valence-corrected chi connectivity index (χ2v) is 5.75. The molecule has 19 heavy (non-hydrogen) atoms. The topological polar surface area (TPSA) is 41.6 Å². The summed E-state index contributed by atoms with van der Waals surface area (Å²) in [5.74, 6) is -0.0456. The van der Waals surface area contributed by atoms with Crippen LogP contribution in [0.15, 0.2) is 22.7 Å². The predicted octanol–water partition coefficient (Wildman–Crippen LogP) is 2.16. The number of likely N-dealkylation sites (N-methyl/N-ethyl adjacent to an activating group) is 1. The van der Waals surface area contributed by atoms with Crippen LogP contribution in [-0.4, -0.2) is 50.2 Å². The van der Waals surface area contributed by atoms with E-state index in [1.807, 2.05) is 13.1 Å². The lowest BCUT2D eigenvalue weighted by Crippen LogP contribution is -2.48. The molecule has 1 atom stereocenters. The van der Waals surface area contributed by atoms with Crippen LogP contribution in [0.5, 0.6) is 0 Å². The summed E-state index contributed by atoms with van der Waals surface area (Å²) in [5, 5.41) is 3.54. The molecular formula is C13H16BrClN2O2. The van der Waals surface area contributed by atoms with Crippen LogP contribution in [0.25, 0.3) is 0 Å². The molecule has 104 valence electrons. The quantitative estimate of drug-likeness (QED) is 0.911. The molecule has 1 unspecified atom stereocenters. The molecule has 1 amide bonds. The van der Waals surface area contributed by atoms with Crippen molar-refractivity contribution in [1.82, 2.24) is 10.2 Å². The SMILES string of the molecule is CNCC1CN(C(=O)c2cc(Br)ccc2Cl)CCO1. The van der Waals surface area contributed by atoms with E-state index in [4.69, 9.17) is 16.3 Å². The fraction of sp³-hybridized carbons (Fsp3) is 0.462. The summed E-state index contributed by atoms with van der Waals surface area (Å²) in [7, 11) is 1.87. The third-order valence-electron chi connectivity index (χ3n) is 3.02. The van der Waals surface area contributed by atoms with E-state index in [1.165, 1.54) is 0 Å². The number of ether oxygens (including phenoxy) is 1. The zero-order valence-electron chi connectivity index (χ0n) is 10.7. The largest absolute Gasteiger partial charge is 0.373 e. The van der Waals surface area contributed by atoms with Crippen molar-refractivity contribution < 1.29 is 9.53 Å². The van der Waals surface area contributed by atoms with Crippen LogP contribution in [0.1, 0.15) is 10.4 Å². The van der Waals surface area contributed by atoms with Crippen molar-refractivity contribution >= 4 is 33.4 Å². The molecule has 1 saturated heterocycles. The number of benzene rings is 1. The number of hydrogen-bond acceptors (Lipinski definition) is 3. The van der Waals surface area contributed by atoms with Gasteiger partial charge in [-0.2, -0.15) is 0 Å². The number of carbonyl (C=O) groups is 1. The molecular weight excluding hydrogens is 332 g/mol. The number of hydrogen-bond donors (Lipinski definition) is 1. The van der Waals surface area contributed by atoms with E-state index in [0.717, 1.165) is 11.0 Å². The molecule has 1 aliphatic rings. The zero-order chi connectivity index (χ0) is 13.8. The van der Waals surface area contributed by atoms with Gasteiger partial charge in [-0.05, 0) is 25.2 Å². The highest BCUT2D eigenvalue weighted by Gasteiger charge is 2.25. The number of amides is 1. The summed E-state index contributed by atoms with van der Waals surface area (Å²) < 4.78 is 6.44. The Hall–Kier alpha value is -0.620. The van der Waals surface area contributed by atoms with Crippen LogP contribution < -0.4 is 5.32 Å². The highest BCUT2D eigenvalue weighted by atomic mass is 79.9. The Kier molecular flexibility index (Phi) is 5.21. The Balaban J connectivity index is 2.12. The summed E-state index contributed by atoms with van der Waals surface area (Å²) in [6.45, 7) is 2.48. The minimum atomic E-state index is -0.0456. The highest BCUT2D eigenvalue weighted by molar-refractivity contribution is 9.10. The Morgan fingerprint density at radius 2 is 2.42 bits per heavy atom. The van der Waals surface area contributed by atoms with Gasteiger partial charge in [0.05, 0.1) is 23.3 Å². The van der Waals surface area contributed by atoms with Gasteiger partial charge in [0.15, 0.2) is 0 Å². The van der Waals surface area contributed by atoms with Crippen LogP contribution in [0.2, 0.25) is 5.02 Å². The predicted molar refractivity (Wildman–Crippen MR) is 78.7 cm³/mol. The van der Waals surface area contributed by atoms with Crippen LogP contribution in [0.4, 0.5) is 0 Å². The van der Waals surface area contributed by atoms with Crippen molar-refractivity contribution in [3.05, 3.63) is 33.3 Å². The molecule has 0 bridgehead atoms. The van der Waals surface area contributed by atoms with Crippen molar-refractivity contribution in [2.75, 3.05) is 33.3 Å². The average molecular weight is 348 g/mol. The van der Waals surface area contributed by atoms with Gasteiger partial charge in [-0.3, -0.25) is 4.79 Å². The van der Waals surface area contributed by atoms with Gasteiger partial charge in [0.25, 0.3) is 5.91 Å². The maximum atomic E-state index is 12.5. The average Bonchev–Trinajstić information content (AvgIpc) is 2.41. The lowest BCUT2D eigenvalue weighted by Gasteiger charge is -2.33. The molecule has 1 aromatic carbocycles. The van der Waals surface area contributed by atoms with E-state index in [2.05, 4.69) is 21.2 Å². The number of carbonyl (C=O) groups excluding carboxylic acids is 1. The smallest absolute Gasteiger partial charge is 0.255 e. The van der Waals surface area contributed by atoms with E-state index in [1.54, 1.807) is 17.0 Å². The van der Waals surface area contributed by atoms with Gasteiger partial charge in [0.2, 0.25) is 0 Å². The molecule has 0 aliphatic carbocycles. The molecule has 1 N–H and O–H groups in total. The van der Waals surface area contributed by atoms with Crippen molar-refractivity contribution in [2.45, 2.75) is 6.10 Å². The summed E-state index contributed by atoms with van der Waals surface area (Å²) in [6.07, 6.45) is 0.0358. The van der Waals surface area contributed by atoms with Crippen LogP contribution in [0, 0.1) is 0 Å². The maximum Gasteiger partial charge on any atom is 0.255 e. The van der Waals surface area contributed by atoms with Crippen LogP contribution in [0.3, 0.4) is 0 Å². The number of nitrogens with one attached hydrogen (secondary N) is 1. The number of halogens is 2. The van der Waals surface area contributed by atoms with Crippen molar-refractivity contribution in [3.8, 4) is 0 Å². The Labute approximate surface area is 126 Å². The fourth-order valence-electron chi connectivity index (χ4n) is 2.09. The minimum Gasteiger partial charge on any atom is -0.373 e. The normalized spacial score (nSPS) is 19.5. The van der Waals surface area contributed by atoms with Crippen molar-refractivity contribution in [1.29, 1.82) is 0 Å². The van der Waals surface area contributed by atoms with Gasteiger partial charge in [0.1, 0.15) is 0 Å². The van der Waals surface area contributed by atoms with E-state index >= 15 is 0 Å². The molecule has 6 heteroatoms. The summed E-state index contributed by atoms with van der Waals surface area (Å²) in [6, 6.07) is 5.31. The number of rotatable bonds is 3. The van der Waals surface area contributed by atoms with Crippen LogP contribution in [-0.2, 0) is 4.74 Å². The number of nitrogens with zero attached hydrogens (tertiary/aromatic N) is 1. The second kappa shape index (κ2) is 6.70. The number of morpholine rings is 1. The molecule has 0 saturated carbocycles. The van der Waals surface area contributed by atoms with Crippen molar-refractivity contribution in [2.24, 2.45) is 0 Å². The minimum absolute atomic E-state index is 0.0358. The van der Waals surface area contributed by atoms with E-state index in [0.29, 0.717) is 30.3 Å². The molecule has 0 spiro atoms. The monoisotopic (exact) mass is 346 g/mol. The molecule has 2 rings (SSSR count). The molecule has 4 nitrogen and oxygen atoms in total. The molecule has 1 heterocycles. The fourth-order valence-corrected chi connectivity index (χ4v) is 2.65. The lowest BCUT2D eigenvalue weighted by atomic mass is 10.1. The van der Waals surface area contributed by atoms with E-state index in [-0.39, 0.29) is 12.0 Å². The van der Waals surface area contributed by atoms with E-state index in [9.17, 15) is 4.79 Å². The third-order valence-corrected chi connectivity index (χ3v) is 3.84. The molecule has 1 aliphatic heterocycles. The third kappa shape index (κ3) is 3.69. The van der Waals surface area contributed by atoms with Gasteiger partial charge < -0.3 is 15.0 Å². The summed E-state index contributed by atoms with van der Waals surface area (Å²) >= 11 is 9.46.